The van der Waals surface area contributed by atoms with Gasteiger partial charge < -0.3 is 10.3 Å². The maximum absolute atomic E-state index is 11.5. The number of para-hydroxylation sites is 1. The highest BCUT2D eigenvalue weighted by Crippen LogP contribution is 2.16. The summed E-state index contributed by atoms with van der Waals surface area (Å²) in [6.07, 6.45) is 3.49. The Kier molecular flexibility index (Phi) is 2.56. The molecular formula is C12H10N4OS. The van der Waals surface area contributed by atoms with E-state index in [0.29, 0.717) is 5.11 Å². The fourth-order valence-electron chi connectivity index (χ4n) is 1.85. The minimum absolute atomic E-state index is 0.143. The van der Waals surface area contributed by atoms with Crippen LogP contribution in [0.25, 0.3) is 10.9 Å². The van der Waals surface area contributed by atoms with Crippen molar-refractivity contribution in [2.45, 2.75) is 0 Å². The molecule has 1 aliphatic rings. The largest absolute Gasteiger partial charge is 0.361 e. The zero-order valence-corrected chi connectivity index (χ0v) is 10.2. The van der Waals surface area contributed by atoms with Crippen molar-refractivity contribution in [2.24, 2.45) is 5.10 Å². The van der Waals surface area contributed by atoms with Crippen molar-refractivity contribution in [3.8, 4) is 0 Å². The highest BCUT2D eigenvalue weighted by molar-refractivity contribution is 7.80. The maximum Gasteiger partial charge on any atom is 0.268 e. The number of carbonyl (C=O) groups excluding carboxylic acids is 1. The van der Waals surface area contributed by atoms with Crippen LogP contribution in [0.15, 0.2) is 35.6 Å². The predicted molar refractivity (Wildman–Crippen MR) is 73.3 cm³/mol. The Morgan fingerprint density at radius 1 is 1.39 bits per heavy atom. The van der Waals surface area contributed by atoms with E-state index in [9.17, 15) is 4.79 Å². The number of benzene rings is 1. The van der Waals surface area contributed by atoms with E-state index in [1.165, 1.54) is 5.01 Å². The second-order valence-electron chi connectivity index (χ2n) is 3.90. The third-order valence-electron chi connectivity index (χ3n) is 2.75. The lowest BCUT2D eigenvalue weighted by atomic mass is 10.2. The third kappa shape index (κ3) is 1.76. The molecule has 1 aromatic carbocycles. The lowest BCUT2D eigenvalue weighted by molar-refractivity contribution is -0.124. The fraction of sp³-hybridized carbons (Fsp3) is 0.0833. The number of aromatic nitrogens is 1. The van der Waals surface area contributed by atoms with E-state index in [1.807, 2.05) is 30.5 Å². The number of H-pyrrole nitrogens is 1. The monoisotopic (exact) mass is 258 g/mol. The number of thiocarbonyl (C=S) groups is 1. The van der Waals surface area contributed by atoms with Gasteiger partial charge in [-0.25, -0.2) is 0 Å². The van der Waals surface area contributed by atoms with E-state index in [2.05, 4.69) is 15.4 Å². The summed E-state index contributed by atoms with van der Waals surface area (Å²) in [6, 6.07) is 7.90. The van der Waals surface area contributed by atoms with Crippen LogP contribution >= 0.6 is 12.2 Å². The van der Waals surface area contributed by atoms with Gasteiger partial charge in [-0.1, -0.05) is 18.2 Å². The second-order valence-corrected chi connectivity index (χ2v) is 4.29. The molecule has 2 heterocycles. The molecule has 1 saturated heterocycles. The highest BCUT2D eigenvalue weighted by atomic mass is 32.1. The molecule has 0 bridgehead atoms. The van der Waals surface area contributed by atoms with E-state index in [1.54, 1.807) is 6.21 Å². The number of carbonyl (C=O) groups is 1. The summed E-state index contributed by atoms with van der Waals surface area (Å²) in [5.74, 6) is -0.143. The molecule has 18 heavy (non-hydrogen) atoms. The molecule has 2 N–H and O–H groups in total. The number of aromatic amines is 1. The standard InChI is InChI=1S/C12H10N4OS/c17-11-7-14-12(18)16(11)15-6-8-5-13-10-4-2-1-3-9(8)10/h1-6,13H,7H2,(H,14,18)/b15-6+. The molecule has 0 unspecified atom stereocenters. The van der Waals surface area contributed by atoms with E-state index in [4.69, 9.17) is 12.2 Å². The minimum atomic E-state index is -0.143. The summed E-state index contributed by atoms with van der Waals surface area (Å²) in [5, 5.41) is 9.50. The van der Waals surface area contributed by atoms with Crippen molar-refractivity contribution in [1.29, 1.82) is 0 Å². The topological polar surface area (TPSA) is 60.5 Å². The first-order valence-corrected chi connectivity index (χ1v) is 5.87. The molecule has 0 spiro atoms. The van der Waals surface area contributed by atoms with Crippen molar-refractivity contribution in [3.63, 3.8) is 0 Å². The molecule has 0 atom stereocenters. The first-order valence-electron chi connectivity index (χ1n) is 5.46. The van der Waals surface area contributed by atoms with Gasteiger partial charge in [0.2, 0.25) is 0 Å². The smallest absolute Gasteiger partial charge is 0.268 e. The number of nitrogens with zero attached hydrogens (tertiary/aromatic N) is 2. The summed E-state index contributed by atoms with van der Waals surface area (Å²) in [6.45, 7) is 0.212. The normalized spacial score (nSPS) is 15.9. The lowest BCUT2D eigenvalue weighted by Crippen LogP contribution is -2.25. The zero-order valence-electron chi connectivity index (χ0n) is 9.38. The van der Waals surface area contributed by atoms with Crippen LogP contribution < -0.4 is 5.32 Å². The van der Waals surface area contributed by atoms with Gasteiger partial charge in [0.1, 0.15) is 0 Å². The maximum atomic E-state index is 11.5. The van der Waals surface area contributed by atoms with Crippen LogP contribution in [0.3, 0.4) is 0 Å². The second kappa shape index (κ2) is 4.23. The van der Waals surface area contributed by atoms with Crippen molar-refractivity contribution >= 4 is 40.4 Å². The zero-order chi connectivity index (χ0) is 12.5. The molecule has 0 saturated carbocycles. The number of nitrogens with one attached hydrogen (secondary N) is 2. The van der Waals surface area contributed by atoms with E-state index < -0.39 is 0 Å². The van der Waals surface area contributed by atoms with Gasteiger partial charge >= 0.3 is 0 Å². The molecule has 1 aliphatic heterocycles. The van der Waals surface area contributed by atoms with E-state index >= 15 is 0 Å². The molecule has 90 valence electrons. The average Bonchev–Trinajstić information content (AvgIpc) is 2.93. The van der Waals surface area contributed by atoms with Crippen molar-refractivity contribution in [2.75, 3.05) is 6.54 Å². The highest BCUT2D eigenvalue weighted by Gasteiger charge is 2.24. The molecular weight excluding hydrogens is 248 g/mol. The van der Waals surface area contributed by atoms with E-state index in [-0.39, 0.29) is 12.5 Å². The Bertz CT molecular complexity index is 645. The van der Waals surface area contributed by atoms with Crippen molar-refractivity contribution in [1.82, 2.24) is 15.3 Å². The Morgan fingerprint density at radius 2 is 2.22 bits per heavy atom. The van der Waals surface area contributed by atoms with Crippen LogP contribution in [0, 0.1) is 0 Å². The molecule has 1 amide bonds. The molecule has 1 fully saturated rings. The number of hydrazone groups is 1. The van der Waals surface area contributed by atoms with E-state index in [0.717, 1.165) is 16.5 Å². The van der Waals surface area contributed by atoms with Gasteiger partial charge in [0.25, 0.3) is 5.91 Å². The predicted octanol–water partition coefficient (Wildman–Crippen LogP) is 1.22. The van der Waals surface area contributed by atoms with Crippen LogP contribution in [0.1, 0.15) is 5.56 Å². The Balaban J connectivity index is 1.92. The summed E-state index contributed by atoms with van der Waals surface area (Å²) >= 11 is 4.98. The number of hydrogen-bond donors (Lipinski definition) is 2. The Hall–Kier alpha value is -2.21. The van der Waals surface area contributed by atoms with Crippen LogP contribution in [0.4, 0.5) is 0 Å². The minimum Gasteiger partial charge on any atom is -0.361 e. The van der Waals surface area contributed by atoms with Crippen LogP contribution in [-0.2, 0) is 4.79 Å². The SMILES string of the molecule is O=C1CNC(=S)N1/N=C/c1c[nH]c2ccccc12. The van der Waals surface area contributed by atoms with Gasteiger partial charge in [0.15, 0.2) is 5.11 Å². The molecule has 1 aromatic heterocycles. The Labute approximate surface area is 108 Å². The molecule has 5 nitrogen and oxygen atoms in total. The molecule has 3 rings (SSSR count). The van der Waals surface area contributed by atoms with Gasteiger partial charge in [-0.15, -0.1) is 0 Å². The van der Waals surface area contributed by atoms with Gasteiger partial charge in [-0.05, 0) is 18.3 Å². The lowest BCUT2D eigenvalue weighted by Gasteiger charge is -2.05. The summed E-state index contributed by atoms with van der Waals surface area (Å²) in [5.41, 5.74) is 1.96. The summed E-state index contributed by atoms with van der Waals surface area (Å²) in [7, 11) is 0. The van der Waals surface area contributed by atoms with Crippen molar-refractivity contribution < 1.29 is 4.79 Å². The number of hydrogen-bond acceptors (Lipinski definition) is 3. The third-order valence-corrected chi connectivity index (χ3v) is 3.07. The average molecular weight is 258 g/mol. The first-order chi connectivity index (χ1) is 8.75. The molecule has 6 heteroatoms. The fourth-order valence-corrected chi connectivity index (χ4v) is 2.07. The number of fused-ring (bicyclic) bond motifs is 1. The van der Waals surface area contributed by atoms with Gasteiger partial charge in [-0.2, -0.15) is 10.1 Å². The number of rotatable bonds is 2. The van der Waals surface area contributed by atoms with Crippen LogP contribution in [0.2, 0.25) is 0 Å². The molecule has 0 radical (unpaired) electrons. The molecule has 0 aliphatic carbocycles. The van der Waals surface area contributed by atoms with Crippen LogP contribution in [0.5, 0.6) is 0 Å². The van der Waals surface area contributed by atoms with Crippen LogP contribution in [-0.4, -0.2) is 33.8 Å². The number of amides is 1. The van der Waals surface area contributed by atoms with Gasteiger partial charge in [0, 0.05) is 22.7 Å². The quantitative estimate of drug-likeness (QED) is 0.629. The summed E-state index contributed by atoms with van der Waals surface area (Å²) < 4.78 is 0. The van der Waals surface area contributed by atoms with Gasteiger partial charge in [0.05, 0.1) is 12.8 Å². The van der Waals surface area contributed by atoms with Crippen molar-refractivity contribution in [3.05, 3.63) is 36.0 Å². The molecule has 2 aromatic rings. The first kappa shape index (κ1) is 10.9. The Morgan fingerprint density at radius 3 is 3.00 bits per heavy atom. The van der Waals surface area contributed by atoms with Gasteiger partial charge in [-0.3, -0.25) is 4.79 Å². The summed E-state index contributed by atoms with van der Waals surface area (Å²) in [4.78, 5) is 14.6.